The minimum atomic E-state index is -0.587. The molecule has 0 radical (unpaired) electrons. The Balaban J connectivity index is 1.19. The Morgan fingerprint density at radius 1 is 1.13 bits per heavy atom. The number of likely N-dealkylation sites (N-methyl/N-ethyl adjacent to an activating group) is 1. The third kappa shape index (κ3) is 5.27. The number of hydrogen-bond donors (Lipinski definition) is 2. The van der Waals surface area contributed by atoms with E-state index in [2.05, 4.69) is 15.5 Å². The number of rotatable bonds is 7. The Labute approximate surface area is 222 Å². The third-order valence-electron chi connectivity index (χ3n) is 8.12. The van der Waals surface area contributed by atoms with Crippen LogP contribution in [0.25, 0.3) is 0 Å². The maximum atomic E-state index is 13.2. The summed E-state index contributed by atoms with van der Waals surface area (Å²) in [4.78, 5) is 52.6. The summed E-state index contributed by atoms with van der Waals surface area (Å²) in [6.45, 7) is 7.25. The molecule has 5 rings (SSSR count). The van der Waals surface area contributed by atoms with Crippen LogP contribution in [0.4, 0.5) is 0 Å². The van der Waals surface area contributed by atoms with E-state index in [9.17, 15) is 19.2 Å². The molecule has 3 aliphatic rings. The van der Waals surface area contributed by atoms with Gasteiger partial charge in [0.2, 0.25) is 5.91 Å². The first kappa shape index (κ1) is 26.2. The van der Waals surface area contributed by atoms with Crippen LogP contribution in [0, 0.1) is 6.92 Å². The van der Waals surface area contributed by atoms with Gasteiger partial charge in [-0.3, -0.25) is 24.6 Å². The molecule has 2 aromatic rings. The molecule has 2 N–H and O–H groups in total. The zero-order valence-electron chi connectivity index (χ0n) is 22.0. The Bertz CT molecular complexity index is 1290. The average molecular weight is 520 g/mol. The molecule has 4 amide bonds. The molecule has 0 spiro atoms. The highest BCUT2D eigenvalue weighted by Crippen LogP contribution is 2.34. The van der Waals surface area contributed by atoms with E-state index in [0.29, 0.717) is 30.6 Å². The second-order valence-electron chi connectivity index (χ2n) is 10.7. The number of morpholine rings is 1. The zero-order valence-corrected chi connectivity index (χ0v) is 22.0. The van der Waals surface area contributed by atoms with Crippen molar-refractivity contribution in [1.29, 1.82) is 0 Å². The van der Waals surface area contributed by atoms with Gasteiger partial charge in [0.1, 0.15) is 6.54 Å². The molecule has 9 heteroatoms. The molecule has 0 saturated carbocycles. The summed E-state index contributed by atoms with van der Waals surface area (Å²) in [5.41, 5.74) is 5.31. The number of imide groups is 1. The molecule has 2 atom stereocenters. The highest BCUT2D eigenvalue weighted by molar-refractivity contribution is 6.02. The van der Waals surface area contributed by atoms with Gasteiger partial charge in [-0.25, -0.2) is 9.28 Å². The van der Waals surface area contributed by atoms with Crippen molar-refractivity contribution in [3.63, 3.8) is 0 Å². The molecule has 0 bridgehead atoms. The number of benzene rings is 2. The maximum absolute atomic E-state index is 13.2. The van der Waals surface area contributed by atoms with Crippen LogP contribution in [0.5, 0.6) is 0 Å². The monoisotopic (exact) mass is 519 g/mol. The fourth-order valence-corrected chi connectivity index (χ4v) is 5.78. The number of ether oxygens (including phenoxy) is 1. The summed E-state index contributed by atoms with van der Waals surface area (Å²) in [6.07, 6.45) is 1.53. The van der Waals surface area contributed by atoms with E-state index >= 15 is 0 Å². The Morgan fingerprint density at radius 3 is 2.66 bits per heavy atom. The van der Waals surface area contributed by atoms with Gasteiger partial charge in [0.05, 0.1) is 25.8 Å². The summed E-state index contributed by atoms with van der Waals surface area (Å²) in [5.74, 6) is -0.944. The fraction of sp³-hybridized carbons (Fsp3) is 0.448. The molecule has 3 aliphatic heterocycles. The summed E-state index contributed by atoms with van der Waals surface area (Å²) in [6, 6.07) is 10.8. The van der Waals surface area contributed by atoms with E-state index in [-0.39, 0.29) is 34.5 Å². The van der Waals surface area contributed by atoms with E-state index < -0.39 is 6.04 Å². The Kier molecular flexibility index (Phi) is 7.43. The smallest absolute Gasteiger partial charge is 0.347 e. The van der Waals surface area contributed by atoms with Crippen LogP contribution in [0.3, 0.4) is 0 Å². The first-order valence-electron chi connectivity index (χ1n) is 13.3. The molecular weight excluding hydrogens is 484 g/mol. The minimum Gasteiger partial charge on any atom is -0.379 e. The number of carbonyl (C=O) groups is 4. The molecule has 0 aliphatic carbocycles. The number of nitrogens with zero attached hydrogens (tertiary/aromatic N) is 2. The van der Waals surface area contributed by atoms with Crippen LogP contribution < -0.4 is 10.6 Å². The predicted molar refractivity (Wildman–Crippen MR) is 140 cm³/mol. The summed E-state index contributed by atoms with van der Waals surface area (Å²) in [5, 5.41) is 5.36. The van der Waals surface area contributed by atoms with Gasteiger partial charge in [0.15, 0.2) is 6.04 Å². The molecule has 2 unspecified atom stereocenters. The summed E-state index contributed by atoms with van der Waals surface area (Å²) >= 11 is 0. The van der Waals surface area contributed by atoms with Gasteiger partial charge < -0.3 is 10.1 Å². The standard InChI is InChI=1S/C29H34N4O5/c1-19-15-22(5-4-21(19)9-10-32-11-13-38-14-12-32)27(35)30-17-20-3-6-24-23(16-20)18-33(2,29(24)37)25-7-8-26(34)31-28(25)36/h3-6,15-16,25H,7-14,17-18H2,1-2H3,(H-,30,31,34,35,36)/p+1. The van der Waals surface area contributed by atoms with Gasteiger partial charge in [-0.15, -0.1) is 0 Å². The van der Waals surface area contributed by atoms with Gasteiger partial charge in [0, 0.05) is 50.1 Å². The van der Waals surface area contributed by atoms with Crippen molar-refractivity contribution in [2.24, 2.45) is 0 Å². The second-order valence-corrected chi connectivity index (χ2v) is 10.7. The lowest BCUT2D eigenvalue weighted by atomic mass is 10.0. The van der Waals surface area contributed by atoms with Crippen molar-refractivity contribution in [3.05, 3.63) is 69.8 Å². The van der Waals surface area contributed by atoms with Crippen LogP contribution in [0.15, 0.2) is 36.4 Å². The molecule has 9 nitrogen and oxygen atoms in total. The number of quaternary nitrogens is 1. The van der Waals surface area contributed by atoms with E-state index in [0.717, 1.165) is 56.0 Å². The summed E-state index contributed by atoms with van der Waals surface area (Å²) < 4.78 is 5.35. The minimum absolute atomic E-state index is 0.0680. The van der Waals surface area contributed by atoms with Gasteiger partial charge in [-0.1, -0.05) is 12.1 Å². The van der Waals surface area contributed by atoms with E-state index in [1.165, 1.54) is 5.56 Å². The van der Waals surface area contributed by atoms with Gasteiger partial charge in [-0.2, -0.15) is 0 Å². The lowest BCUT2D eigenvalue weighted by Crippen LogP contribution is -2.61. The van der Waals surface area contributed by atoms with E-state index in [1.807, 2.05) is 37.3 Å². The average Bonchev–Trinajstić information content (AvgIpc) is 3.16. The van der Waals surface area contributed by atoms with E-state index in [1.54, 1.807) is 13.1 Å². The number of piperidine rings is 1. The zero-order chi connectivity index (χ0) is 26.9. The molecule has 2 fully saturated rings. The van der Waals surface area contributed by atoms with Crippen molar-refractivity contribution in [3.8, 4) is 0 Å². The normalized spacial score (nSPS) is 23.7. The quantitative estimate of drug-likeness (QED) is 0.426. The second kappa shape index (κ2) is 10.8. The molecule has 3 heterocycles. The van der Waals surface area contributed by atoms with Gasteiger partial charge in [-0.05, 0) is 54.3 Å². The highest BCUT2D eigenvalue weighted by Gasteiger charge is 2.51. The lowest BCUT2D eigenvalue weighted by molar-refractivity contribution is -0.855. The van der Waals surface area contributed by atoms with Crippen molar-refractivity contribution in [2.75, 3.05) is 39.9 Å². The van der Waals surface area contributed by atoms with Crippen molar-refractivity contribution >= 4 is 23.6 Å². The molecule has 2 saturated heterocycles. The SMILES string of the molecule is Cc1cc(C(=O)NCc2ccc3c(c2)C[N+](C)(C2CCC(=O)NC2=O)C3=O)ccc1CCN1CCOCC1. The van der Waals surface area contributed by atoms with E-state index in [4.69, 9.17) is 4.74 Å². The van der Waals surface area contributed by atoms with Crippen LogP contribution in [-0.4, -0.2) is 78.9 Å². The number of nitrogens with one attached hydrogen (secondary N) is 2. The Morgan fingerprint density at radius 2 is 1.92 bits per heavy atom. The van der Waals surface area contributed by atoms with Crippen LogP contribution >= 0.6 is 0 Å². The molecular formula is C29H35N4O5+. The third-order valence-corrected chi connectivity index (χ3v) is 8.12. The highest BCUT2D eigenvalue weighted by atomic mass is 16.5. The van der Waals surface area contributed by atoms with Crippen LogP contribution in [-0.2, 0) is 33.8 Å². The first-order chi connectivity index (χ1) is 18.2. The van der Waals surface area contributed by atoms with Gasteiger partial charge >= 0.3 is 5.91 Å². The fourth-order valence-electron chi connectivity index (χ4n) is 5.78. The van der Waals surface area contributed by atoms with Crippen molar-refractivity contribution in [1.82, 2.24) is 15.5 Å². The first-order valence-corrected chi connectivity index (χ1v) is 13.3. The van der Waals surface area contributed by atoms with Crippen LogP contribution in [0.2, 0.25) is 0 Å². The predicted octanol–water partition coefficient (Wildman–Crippen LogP) is 1.71. The lowest BCUT2D eigenvalue weighted by Gasteiger charge is -2.35. The molecule has 200 valence electrons. The van der Waals surface area contributed by atoms with Crippen molar-refractivity contribution < 1.29 is 28.4 Å². The molecule has 2 aromatic carbocycles. The summed E-state index contributed by atoms with van der Waals surface area (Å²) in [7, 11) is 1.76. The van der Waals surface area contributed by atoms with Gasteiger partial charge in [0.25, 0.3) is 11.8 Å². The largest absolute Gasteiger partial charge is 0.379 e. The Hall–Kier alpha value is -3.40. The number of hydrogen-bond acceptors (Lipinski definition) is 6. The number of amides is 4. The van der Waals surface area contributed by atoms with Crippen molar-refractivity contribution in [2.45, 2.75) is 45.3 Å². The number of aryl methyl sites for hydroxylation is 1. The molecule has 0 aromatic heterocycles. The molecule has 38 heavy (non-hydrogen) atoms. The number of carbonyl (C=O) groups excluding carboxylic acids is 4. The number of fused-ring (bicyclic) bond motifs is 1. The maximum Gasteiger partial charge on any atom is 0.347 e. The van der Waals surface area contributed by atoms with Crippen LogP contribution in [0.1, 0.15) is 55.8 Å². The topological polar surface area (TPSA) is 105 Å².